The molecule has 1 aromatic heterocycles. The Morgan fingerprint density at radius 1 is 1.20 bits per heavy atom. The number of phenolic OH excluding ortho intramolecular Hbond substituents is 1. The summed E-state index contributed by atoms with van der Waals surface area (Å²) in [5.74, 6) is 2.51. The van der Waals surface area contributed by atoms with E-state index in [1.54, 1.807) is 0 Å². The number of hydrazine groups is 1. The first-order valence-electron chi connectivity index (χ1n) is 11.4. The van der Waals surface area contributed by atoms with Crippen molar-refractivity contribution in [1.82, 2.24) is 26.1 Å². The number of hydrogen-bond acceptors (Lipinski definition) is 5. The van der Waals surface area contributed by atoms with Crippen molar-refractivity contribution in [3.63, 3.8) is 0 Å². The average Bonchev–Trinajstić information content (AvgIpc) is 3.40. The highest BCUT2D eigenvalue weighted by atomic mass is 16.3. The molecule has 1 aromatic carbocycles. The third-order valence-corrected chi connectivity index (χ3v) is 7.41. The van der Waals surface area contributed by atoms with Gasteiger partial charge in [0, 0.05) is 12.6 Å². The molecular weight excluding hydrogens is 374 g/mol. The van der Waals surface area contributed by atoms with Crippen LogP contribution in [0.2, 0.25) is 0 Å². The van der Waals surface area contributed by atoms with Gasteiger partial charge in [-0.15, -0.1) is 0 Å². The van der Waals surface area contributed by atoms with Crippen molar-refractivity contribution in [2.24, 2.45) is 5.92 Å². The maximum atomic E-state index is 9.85. The quantitative estimate of drug-likeness (QED) is 0.535. The molecule has 1 aliphatic carbocycles. The number of aromatic hydroxyl groups is 1. The van der Waals surface area contributed by atoms with Crippen LogP contribution in [0, 0.1) is 5.92 Å². The summed E-state index contributed by atoms with van der Waals surface area (Å²) in [6, 6.07) is 6.58. The minimum Gasteiger partial charge on any atom is -0.508 e. The lowest BCUT2D eigenvalue weighted by atomic mass is 9.73. The summed E-state index contributed by atoms with van der Waals surface area (Å²) in [6.45, 7) is 6.39. The van der Waals surface area contributed by atoms with Gasteiger partial charge in [-0.05, 0) is 86.2 Å². The number of phenols is 1. The van der Waals surface area contributed by atoms with Crippen molar-refractivity contribution in [2.75, 3.05) is 13.1 Å². The third-order valence-electron chi connectivity index (χ3n) is 7.41. The summed E-state index contributed by atoms with van der Waals surface area (Å²) >= 11 is 0. The highest BCUT2D eigenvalue weighted by Gasteiger charge is 2.42. The molecule has 0 radical (unpaired) electrons. The Morgan fingerprint density at radius 3 is 2.93 bits per heavy atom. The van der Waals surface area contributed by atoms with Crippen LogP contribution in [0.25, 0.3) is 5.57 Å². The number of aromatic amines is 1. The fraction of sp³-hybridized carbons (Fsp3) is 0.542. The van der Waals surface area contributed by atoms with Gasteiger partial charge in [0.25, 0.3) is 0 Å². The monoisotopic (exact) mass is 407 g/mol. The first-order chi connectivity index (χ1) is 14.6. The van der Waals surface area contributed by atoms with Crippen LogP contribution < -0.4 is 16.2 Å². The summed E-state index contributed by atoms with van der Waals surface area (Å²) in [5, 5.41) is 13.3. The predicted molar refractivity (Wildman–Crippen MR) is 119 cm³/mol. The van der Waals surface area contributed by atoms with Gasteiger partial charge in [0.2, 0.25) is 0 Å². The fourth-order valence-corrected chi connectivity index (χ4v) is 5.68. The largest absolute Gasteiger partial charge is 0.508 e. The smallest absolute Gasteiger partial charge is 0.125 e. The summed E-state index contributed by atoms with van der Waals surface area (Å²) in [5.41, 5.74) is 13.8. The van der Waals surface area contributed by atoms with Gasteiger partial charge >= 0.3 is 0 Å². The normalized spacial score (nSPS) is 29.3. The molecule has 0 bridgehead atoms. The minimum atomic E-state index is 0.229. The van der Waals surface area contributed by atoms with E-state index in [0.29, 0.717) is 23.6 Å². The number of nitrogens with zero attached hydrogens (tertiary/aromatic N) is 1. The molecular formula is C24H33N5O. The van der Waals surface area contributed by atoms with Crippen molar-refractivity contribution in [1.29, 1.82) is 0 Å². The van der Waals surface area contributed by atoms with Crippen LogP contribution in [0.15, 0.2) is 30.0 Å². The van der Waals surface area contributed by atoms with Crippen molar-refractivity contribution >= 4 is 5.57 Å². The first-order valence-corrected chi connectivity index (χ1v) is 11.4. The van der Waals surface area contributed by atoms with Gasteiger partial charge in [0.05, 0.1) is 17.9 Å². The van der Waals surface area contributed by atoms with Gasteiger partial charge in [-0.1, -0.05) is 18.6 Å². The van der Waals surface area contributed by atoms with Crippen molar-refractivity contribution < 1.29 is 5.11 Å². The summed E-state index contributed by atoms with van der Waals surface area (Å²) < 4.78 is 0. The standard InChI is InChI=1S/C24H33N5O/c1-3-15-10-17(30)5-7-18(15)16-4-6-19-21(11-16)28-29-23(19)24-26-13-22(27-24)20-12-25-9-8-14(20)2/h5,7,10,13,16,19,21,23,25,28-30H,3-4,6,8-9,11-12H2,1-2H3,(H,26,27). The van der Waals surface area contributed by atoms with E-state index in [0.717, 1.165) is 43.9 Å². The van der Waals surface area contributed by atoms with Crippen LogP contribution in [0.5, 0.6) is 5.75 Å². The molecule has 6 heteroatoms. The molecule has 2 aliphatic heterocycles. The van der Waals surface area contributed by atoms with E-state index < -0.39 is 0 Å². The summed E-state index contributed by atoms with van der Waals surface area (Å²) in [4.78, 5) is 8.38. The Balaban J connectivity index is 1.31. The van der Waals surface area contributed by atoms with E-state index in [2.05, 4.69) is 41.1 Å². The number of nitrogens with one attached hydrogen (secondary N) is 4. The second-order valence-electron chi connectivity index (χ2n) is 9.15. The van der Waals surface area contributed by atoms with Crippen LogP contribution in [-0.2, 0) is 6.42 Å². The van der Waals surface area contributed by atoms with E-state index in [-0.39, 0.29) is 6.04 Å². The Kier molecular flexibility index (Phi) is 5.39. The van der Waals surface area contributed by atoms with E-state index in [1.165, 1.54) is 35.1 Å². The number of hydrogen-bond donors (Lipinski definition) is 5. The molecule has 3 aliphatic rings. The molecule has 30 heavy (non-hydrogen) atoms. The molecule has 1 saturated heterocycles. The Bertz CT molecular complexity index is 949. The highest BCUT2D eigenvalue weighted by molar-refractivity contribution is 5.67. The van der Waals surface area contributed by atoms with Crippen LogP contribution in [0.1, 0.15) is 74.1 Å². The fourth-order valence-electron chi connectivity index (χ4n) is 5.68. The second-order valence-corrected chi connectivity index (χ2v) is 9.15. The molecule has 6 nitrogen and oxygen atoms in total. The zero-order chi connectivity index (χ0) is 20.7. The maximum absolute atomic E-state index is 9.85. The van der Waals surface area contributed by atoms with Crippen LogP contribution in [-0.4, -0.2) is 34.2 Å². The van der Waals surface area contributed by atoms with E-state index in [4.69, 9.17) is 4.98 Å². The number of rotatable bonds is 4. The number of benzene rings is 1. The highest BCUT2D eigenvalue weighted by Crippen LogP contribution is 2.44. The van der Waals surface area contributed by atoms with Crippen molar-refractivity contribution in [3.05, 3.63) is 52.6 Å². The Hall–Kier alpha value is -2.15. The Labute approximate surface area is 178 Å². The third kappa shape index (κ3) is 3.57. The van der Waals surface area contributed by atoms with Gasteiger partial charge in [0.1, 0.15) is 11.6 Å². The Morgan fingerprint density at radius 2 is 2.10 bits per heavy atom. The van der Waals surface area contributed by atoms with Gasteiger partial charge in [-0.25, -0.2) is 10.4 Å². The average molecular weight is 408 g/mol. The second kappa shape index (κ2) is 8.17. The zero-order valence-corrected chi connectivity index (χ0v) is 18.0. The molecule has 4 atom stereocenters. The lowest BCUT2D eigenvalue weighted by Crippen LogP contribution is -2.35. The number of imidazole rings is 1. The number of H-pyrrole nitrogens is 1. The van der Waals surface area contributed by atoms with E-state index >= 15 is 0 Å². The molecule has 1 saturated carbocycles. The molecule has 160 valence electrons. The first kappa shape index (κ1) is 19.8. The lowest BCUT2D eigenvalue weighted by Gasteiger charge is -2.33. The van der Waals surface area contributed by atoms with E-state index in [1.807, 2.05) is 18.3 Å². The van der Waals surface area contributed by atoms with Gasteiger partial charge < -0.3 is 15.4 Å². The lowest BCUT2D eigenvalue weighted by molar-refractivity contribution is 0.276. The maximum Gasteiger partial charge on any atom is 0.125 e. The number of aryl methyl sites for hydroxylation is 1. The van der Waals surface area contributed by atoms with Crippen LogP contribution in [0.4, 0.5) is 0 Å². The topological polar surface area (TPSA) is 85.0 Å². The molecule has 0 spiro atoms. The number of fused-ring (bicyclic) bond motifs is 1. The van der Waals surface area contributed by atoms with E-state index in [9.17, 15) is 5.11 Å². The van der Waals surface area contributed by atoms with Gasteiger partial charge in [-0.3, -0.25) is 5.43 Å². The molecule has 5 N–H and O–H groups in total. The van der Waals surface area contributed by atoms with Crippen molar-refractivity contribution in [3.8, 4) is 5.75 Å². The molecule has 0 amide bonds. The minimum absolute atomic E-state index is 0.229. The van der Waals surface area contributed by atoms with Crippen LogP contribution in [0.3, 0.4) is 0 Å². The zero-order valence-electron chi connectivity index (χ0n) is 18.0. The molecule has 2 fully saturated rings. The molecule has 2 aromatic rings. The predicted octanol–water partition coefficient (Wildman–Crippen LogP) is 3.55. The summed E-state index contributed by atoms with van der Waals surface area (Å²) in [6.07, 6.45) is 7.54. The number of aromatic nitrogens is 2. The SMILES string of the molecule is CCc1cc(O)ccc1C1CCC2C(C1)NNC2c1ncc(C2=C(C)CCNC2)[nH]1. The molecule has 4 unspecified atom stereocenters. The molecule has 5 rings (SSSR count). The van der Waals surface area contributed by atoms with Gasteiger partial charge in [0.15, 0.2) is 0 Å². The van der Waals surface area contributed by atoms with Gasteiger partial charge in [-0.2, -0.15) is 0 Å². The van der Waals surface area contributed by atoms with Crippen LogP contribution >= 0.6 is 0 Å². The summed E-state index contributed by atoms with van der Waals surface area (Å²) in [7, 11) is 0. The van der Waals surface area contributed by atoms with Crippen molar-refractivity contribution in [2.45, 2.75) is 64.0 Å². The molecule has 3 heterocycles.